The second kappa shape index (κ2) is 7.39. The molecule has 0 bridgehead atoms. The van der Waals surface area contributed by atoms with Crippen molar-refractivity contribution in [3.8, 4) is 0 Å². The SMILES string of the molecule is CCNc1nc(CC)nc(NCCCS(N)(=O)=O)c1C. The molecule has 0 amide bonds. The van der Waals surface area contributed by atoms with Gasteiger partial charge in [-0.05, 0) is 20.3 Å². The number of sulfonamides is 1. The summed E-state index contributed by atoms with van der Waals surface area (Å²) in [5, 5.41) is 11.3. The second-order valence-electron chi connectivity index (χ2n) is 4.49. The van der Waals surface area contributed by atoms with Crippen LogP contribution in [0.3, 0.4) is 0 Å². The Labute approximate surface area is 120 Å². The molecule has 0 aliphatic carbocycles. The maximum Gasteiger partial charge on any atom is 0.209 e. The molecule has 0 unspecified atom stereocenters. The summed E-state index contributed by atoms with van der Waals surface area (Å²) >= 11 is 0. The molecule has 0 saturated heterocycles. The van der Waals surface area contributed by atoms with Gasteiger partial charge in [0, 0.05) is 25.1 Å². The van der Waals surface area contributed by atoms with Crippen LogP contribution in [-0.4, -0.2) is 37.2 Å². The largest absolute Gasteiger partial charge is 0.370 e. The van der Waals surface area contributed by atoms with Gasteiger partial charge in [0.25, 0.3) is 0 Å². The first-order chi connectivity index (χ1) is 9.37. The highest BCUT2D eigenvalue weighted by atomic mass is 32.2. The topological polar surface area (TPSA) is 110 Å². The molecule has 8 heteroatoms. The summed E-state index contributed by atoms with van der Waals surface area (Å²) in [6.07, 6.45) is 1.19. The summed E-state index contributed by atoms with van der Waals surface area (Å²) in [6, 6.07) is 0. The Bertz CT molecular complexity index is 545. The Morgan fingerprint density at radius 3 is 2.25 bits per heavy atom. The lowest BCUT2D eigenvalue weighted by molar-refractivity contribution is 0.595. The Kier molecular flexibility index (Phi) is 6.15. The van der Waals surface area contributed by atoms with Gasteiger partial charge in [-0.1, -0.05) is 6.92 Å². The number of hydrogen-bond acceptors (Lipinski definition) is 6. The van der Waals surface area contributed by atoms with Crippen molar-refractivity contribution in [3.63, 3.8) is 0 Å². The molecule has 0 radical (unpaired) electrons. The van der Waals surface area contributed by atoms with Gasteiger partial charge in [-0.25, -0.2) is 23.5 Å². The van der Waals surface area contributed by atoms with Crippen molar-refractivity contribution < 1.29 is 8.42 Å². The normalized spacial score (nSPS) is 11.4. The molecular formula is C12H23N5O2S. The smallest absolute Gasteiger partial charge is 0.209 e. The van der Waals surface area contributed by atoms with Gasteiger partial charge in [-0.3, -0.25) is 0 Å². The quantitative estimate of drug-likeness (QED) is 0.615. The van der Waals surface area contributed by atoms with Crippen LogP contribution >= 0.6 is 0 Å². The average molecular weight is 301 g/mol. The third-order valence-electron chi connectivity index (χ3n) is 2.75. The van der Waals surface area contributed by atoms with Crippen LogP contribution < -0.4 is 15.8 Å². The fourth-order valence-electron chi connectivity index (χ4n) is 1.71. The maximum atomic E-state index is 10.9. The first-order valence-corrected chi connectivity index (χ1v) is 8.44. The van der Waals surface area contributed by atoms with Crippen molar-refractivity contribution >= 4 is 21.7 Å². The van der Waals surface area contributed by atoms with Gasteiger partial charge < -0.3 is 10.6 Å². The van der Waals surface area contributed by atoms with Crippen molar-refractivity contribution in [3.05, 3.63) is 11.4 Å². The molecule has 0 fully saturated rings. The van der Waals surface area contributed by atoms with Crippen LogP contribution in [0, 0.1) is 6.92 Å². The third kappa shape index (κ3) is 5.30. The Balaban J connectivity index is 2.75. The predicted molar refractivity (Wildman–Crippen MR) is 81.4 cm³/mol. The number of hydrogen-bond donors (Lipinski definition) is 3. The number of rotatable bonds is 8. The van der Waals surface area contributed by atoms with Crippen molar-refractivity contribution in [1.82, 2.24) is 9.97 Å². The molecule has 1 heterocycles. The number of primary sulfonamides is 1. The molecule has 4 N–H and O–H groups in total. The molecule has 0 aliphatic heterocycles. The van der Waals surface area contributed by atoms with E-state index in [4.69, 9.17) is 5.14 Å². The summed E-state index contributed by atoms with van der Waals surface area (Å²) in [5.74, 6) is 2.26. The van der Waals surface area contributed by atoms with E-state index in [0.717, 1.165) is 36.0 Å². The number of aryl methyl sites for hydroxylation is 1. The molecular weight excluding hydrogens is 278 g/mol. The fraction of sp³-hybridized carbons (Fsp3) is 0.667. The van der Waals surface area contributed by atoms with Gasteiger partial charge >= 0.3 is 0 Å². The molecule has 114 valence electrons. The number of anilines is 2. The molecule has 0 aliphatic rings. The molecule has 0 atom stereocenters. The minimum Gasteiger partial charge on any atom is -0.370 e. The van der Waals surface area contributed by atoms with Gasteiger partial charge in [0.05, 0.1) is 5.75 Å². The highest BCUT2D eigenvalue weighted by Gasteiger charge is 2.09. The van der Waals surface area contributed by atoms with E-state index >= 15 is 0 Å². The van der Waals surface area contributed by atoms with Crippen LogP contribution in [0.15, 0.2) is 0 Å². The highest BCUT2D eigenvalue weighted by Crippen LogP contribution is 2.20. The lowest BCUT2D eigenvalue weighted by Gasteiger charge is -2.14. The van der Waals surface area contributed by atoms with Crippen LogP contribution in [0.5, 0.6) is 0 Å². The number of nitrogens with one attached hydrogen (secondary N) is 2. The van der Waals surface area contributed by atoms with Crippen molar-refractivity contribution in [2.45, 2.75) is 33.6 Å². The molecule has 20 heavy (non-hydrogen) atoms. The van der Waals surface area contributed by atoms with Crippen molar-refractivity contribution in [2.24, 2.45) is 5.14 Å². The Hall–Kier alpha value is -1.41. The minimum absolute atomic E-state index is 0.0369. The Morgan fingerprint density at radius 2 is 1.75 bits per heavy atom. The summed E-state index contributed by atoms with van der Waals surface area (Å²) in [4.78, 5) is 8.86. The number of nitrogens with zero attached hydrogens (tertiary/aromatic N) is 2. The zero-order valence-corrected chi connectivity index (χ0v) is 13.0. The van der Waals surface area contributed by atoms with Gasteiger partial charge in [-0.2, -0.15) is 0 Å². The van der Waals surface area contributed by atoms with Gasteiger partial charge in [0.15, 0.2) is 0 Å². The van der Waals surface area contributed by atoms with E-state index in [2.05, 4.69) is 20.6 Å². The predicted octanol–water partition coefficient (Wildman–Crippen LogP) is 0.870. The van der Waals surface area contributed by atoms with Crippen LogP contribution in [0.25, 0.3) is 0 Å². The van der Waals surface area contributed by atoms with E-state index in [9.17, 15) is 8.42 Å². The van der Waals surface area contributed by atoms with E-state index in [1.165, 1.54) is 0 Å². The van der Waals surface area contributed by atoms with Gasteiger partial charge in [0.2, 0.25) is 10.0 Å². The zero-order chi connectivity index (χ0) is 15.2. The fourth-order valence-corrected chi connectivity index (χ4v) is 2.26. The first kappa shape index (κ1) is 16.6. The van der Waals surface area contributed by atoms with E-state index in [-0.39, 0.29) is 5.75 Å². The van der Waals surface area contributed by atoms with Crippen LogP contribution in [0.4, 0.5) is 11.6 Å². The second-order valence-corrected chi connectivity index (χ2v) is 6.23. The first-order valence-electron chi connectivity index (χ1n) is 6.73. The van der Waals surface area contributed by atoms with Crippen molar-refractivity contribution in [2.75, 3.05) is 29.5 Å². The highest BCUT2D eigenvalue weighted by molar-refractivity contribution is 7.89. The summed E-state index contributed by atoms with van der Waals surface area (Å²) in [6.45, 7) is 7.21. The molecule has 0 spiro atoms. The van der Waals surface area contributed by atoms with Crippen molar-refractivity contribution in [1.29, 1.82) is 0 Å². The molecule has 7 nitrogen and oxygen atoms in total. The van der Waals surface area contributed by atoms with Crippen LogP contribution in [-0.2, 0) is 16.4 Å². The summed E-state index contributed by atoms with van der Waals surface area (Å²) < 4.78 is 21.7. The van der Waals surface area contributed by atoms with E-state index in [0.29, 0.717) is 13.0 Å². The third-order valence-corrected chi connectivity index (χ3v) is 3.61. The maximum absolute atomic E-state index is 10.9. The molecule has 0 saturated carbocycles. The Morgan fingerprint density at radius 1 is 1.15 bits per heavy atom. The molecule has 1 aromatic rings. The lowest BCUT2D eigenvalue weighted by atomic mass is 10.2. The van der Waals surface area contributed by atoms with E-state index in [1.54, 1.807) is 0 Å². The van der Waals surface area contributed by atoms with E-state index < -0.39 is 10.0 Å². The standard InChI is InChI=1S/C12H23N5O2S/c1-4-10-16-11(14-5-2)9(3)12(17-10)15-7-6-8-20(13,18)19/h4-8H2,1-3H3,(H2,13,18,19)(H2,14,15,16,17). The summed E-state index contributed by atoms with van der Waals surface area (Å²) in [7, 11) is -3.40. The monoisotopic (exact) mass is 301 g/mol. The summed E-state index contributed by atoms with van der Waals surface area (Å²) in [5.41, 5.74) is 0.930. The average Bonchev–Trinajstić information content (AvgIpc) is 2.37. The molecule has 1 rings (SSSR count). The van der Waals surface area contributed by atoms with Crippen LogP contribution in [0.2, 0.25) is 0 Å². The van der Waals surface area contributed by atoms with Gasteiger partial charge in [-0.15, -0.1) is 0 Å². The van der Waals surface area contributed by atoms with Crippen LogP contribution in [0.1, 0.15) is 31.7 Å². The number of aromatic nitrogens is 2. The number of nitrogens with two attached hydrogens (primary N) is 1. The van der Waals surface area contributed by atoms with E-state index in [1.807, 2.05) is 20.8 Å². The molecule has 0 aromatic carbocycles. The minimum atomic E-state index is -3.40. The lowest BCUT2D eigenvalue weighted by Crippen LogP contribution is -2.19. The molecule has 1 aromatic heterocycles. The van der Waals surface area contributed by atoms with Gasteiger partial charge in [0.1, 0.15) is 17.5 Å². The zero-order valence-electron chi connectivity index (χ0n) is 12.2.